The van der Waals surface area contributed by atoms with Crippen LogP contribution in [0.1, 0.15) is 13.8 Å². The maximum Gasteiger partial charge on any atom is 0.0949 e. The van der Waals surface area contributed by atoms with E-state index in [2.05, 4.69) is 6.92 Å². The molecule has 2 heteroatoms. The minimum atomic E-state index is 0.789. The molecule has 0 rings (SSSR count). The first-order valence-corrected chi connectivity index (χ1v) is 3.54. The average molecular weight is 127 g/mol. The number of hydrogen-bond acceptors (Lipinski definition) is 2. The van der Waals surface area contributed by atoms with Crippen molar-refractivity contribution >= 4 is 11.8 Å². The maximum absolute atomic E-state index is 8.23. The third-order valence-corrected chi connectivity index (χ3v) is 1.46. The Hall–Kier alpha value is -0.420. The zero-order valence-corrected chi connectivity index (χ0v) is 5.96. The van der Waals surface area contributed by atoms with Crippen molar-refractivity contribution in [1.29, 1.82) is 5.26 Å². The number of allylic oxidation sites excluding steroid dienone is 1. The van der Waals surface area contributed by atoms with Gasteiger partial charge in [-0.15, -0.1) is 11.8 Å². The second-order valence-electron chi connectivity index (χ2n) is 1.37. The van der Waals surface area contributed by atoms with E-state index in [9.17, 15) is 0 Å². The minimum absolute atomic E-state index is 0.789. The summed E-state index contributed by atoms with van der Waals surface area (Å²) in [5.41, 5.74) is 0.789. The Kier molecular flexibility index (Phi) is 4.48. The molecule has 0 unspecified atom stereocenters. The first-order chi connectivity index (χ1) is 3.81. The molecule has 0 saturated heterocycles. The molecule has 0 heterocycles. The van der Waals surface area contributed by atoms with Crippen molar-refractivity contribution < 1.29 is 0 Å². The van der Waals surface area contributed by atoms with Gasteiger partial charge in [0, 0.05) is 5.57 Å². The van der Waals surface area contributed by atoms with Gasteiger partial charge < -0.3 is 0 Å². The molecule has 8 heavy (non-hydrogen) atoms. The molecular weight excluding hydrogens is 118 g/mol. The van der Waals surface area contributed by atoms with E-state index in [1.165, 1.54) is 0 Å². The Morgan fingerprint density at radius 3 is 2.88 bits per heavy atom. The van der Waals surface area contributed by atoms with E-state index in [0.29, 0.717) is 0 Å². The Balaban J connectivity index is 3.46. The molecule has 0 aromatic rings. The minimum Gasteiger partial charge on any atom is -0.193 e. The van der Waals surface area contributed by atoms with Gasteiger partial charge in [-0.2, -0.15) is 5.26 Å². The quantitative estimate of drug-likeness (QED) is 0.531. The van der Waals surface area contributed by atoms with Crippen LogP contribution in [0.4, 0.5) is 0 Å². The summed E-state index contributed by atoms with van der Waals surface area (Å²) >= 11 is 1.66. The predicted octanol–water partition coefficient (Wildman–Crippen LogP) is 2.17. The summed E-state index contributed by atoms with van der Waals surface area (Å²) < 4.78 is 0. The summed E-state index contributed by atoms with van der Waals surface area (Å²) in [6.45, 7) is 3.87. The summed E-state index contributed by atoms with van der Waals surface area (Å²) in [5.74, 6) is 1.04. The molecule has 0 aromatic carbocycles. The molecule has 0 saturated carbocycles. The fourth-order valence-electron chi connectivity index (χ4n) is 0.235. The molecule has 0 fully saturated rings. The van der Waals surface area contributed by atoms with Crippen molar-refractivity contribution in [1.82, 2.24) is 0 Å². The van der Waals surface area contributed by atoms with Gasteiger partial charge in [-0.1, -0.05) is 6.92 Å². The number of rotatable bonds is 2. The molecule has 0 aliphatic rings. The highest BCUT2D eigenvalue weighted by Crippen LogP contribution is 2.03. The Morgan fingerprint density at radius 2 is 2.50 bits per heavy atom. The fraction of sp³-hybridized carbons (Fsp3) is 0.500. The molecule has 0 radical (unpaired) electrons. The molecule has 0 atom stereocenters. The fourth-order valence-corrected chi connectivity index (χ4v) is 0.704. The van der Waals surface area contributed by atoms with Gasteiger partial charge in [-0.05, 0) is 18.1 Å². The van der Waals surface area contributed by atoms with Crippen LogP contribution in [0, 0.1) is 11.3 Å². The second-order valence-corrected chi connectivity index (χ2v) is 2.51. The second kappa shape index (κ2) is 4.73. The first-order valence-electron chi connectivity index (χ1n) is 2.49. The third kappa shape index (κ3) is 3.76. The summed E-state index contributed by atoms with van der Waals surface area (Å²) in [6.07, 6.45) is 0. The summed E-state index contributed by atoms with van der Waals surface area (Å²) in [6, 6.07) is 2.04. The zero-order chi connectivity index (χ0) is 6.41. The van der Waals surface area contributed by atoms with Gasteiger partial charge in [-0.25, -0.2) is 0 Å². The molecule has 0 bridgehead atoms. The third-order valence-electron chi connectivity index (χ3n) is 0.603. The van der Waals surface area contributed by atoms with E-state index in [1.807, 2.05) is 18.4 Å². The lowest BCUT2D eigenvalue weighted by Gasteiger charge is -1.83. The maximum atomic E-state index is 8.23. The molecule has 0 aliphatic carbocycles. The summed E-state index contributed by atoms with van der Waals surface area (Å²) in [7, 11) is 0. The predicted molar refractivity (Wildman–Crippen MR) is 37.5 cm³/mol. The molecule has 0 amide bonds. The van der Waals surface area contributed by atoms with Crippen molar-refractivity contribution in [3.63, 3.8) is 0 Å². The van der Waals surface area contributed by atoms with Crippen LogP contribution in [0.15, 0.2) is 11.0 Å². The van der Waals surface area contributed by atoms with Gasteiger partial charge in [0.2, 0.25) is 0 Å². The lowest BCUT2D eigenvalue weighted by molar-refractivity contribution is 1.45. The monoisotopic (exact) mass is 127 g/mol. The lowest BCUT2D eigenvalue weighted by Crippen LogP contribution is -1.64. The number of hydrogen-bond donors (Lipinski definition) is 0. The van der Waals surface area contributed by atoms with Crippen LogP contribution in [0.2, 0.25) is 0 Å². The van der Waals surface area contributed by atoms with Crippen molar-refractivity contribution in [3.8, 4) is 6.07 Å². The van der Waals surface area contributed by atoms with Gasteiger partial charge in [0.15, 0.2) is 0 Å². The normalized spacial score (nSPS) is 10.9. The highest BCUT2D eigenvalue weighted by molar-refractivity contribution is 8.02. The van der Waals surface area contributed by atoms with Gasteiger partial charge in [0.25, 0.3) is 0 Å². The van der Waals surface area contributed by atoms with Crippen LogP contribution >= 0.6 is 11.8 Å². The SMILES string of the molecule is CCS/C=C(\C)C#N. The highest BCUT2D eigenvalue weighted by atomic mass is 32.2. The smallest absolute Gasteiger partial charge is 0.0949 e. The highest BCUT2D eigenvalue weighted by Gasteiger charge is 1.79. The number of nitrogens with zero attached hydrogens (tertiary/aromatic N) is 1. The van der Waals surface area contributed by atoms with Crippen molar-refractivity contribution in [2.24, 2.45) is 0 Å². The van der Waals surface area contributed by atoms with Crippen molar-refractivity contribution in [2.45, 2.75) is 13.8 Å². The zero-order valence-electron chi connectivity index (χ0n) is 5.14. The molecule has 0 spiro atoms. The lowest BCUT2D eigenvalue weighted by atomic mass is 10.4. The molecule has 0 aliphatic heterocycles. The van der Waals surface area contributed by atoms with Crippen molar-refractivity contribution in [2.75, 3.05) is 5.75 Å². The van der Waals surface area contributed by atoms with Crippen LogP contribution in [0.5, 0.6) is 0 Å². The van der Waals surface area contributed by atoms with Crippen molar-refractivity contribution in [3.05, 3.63) is 11.0 Å². The van der Waals surface area contributed by atoms with Crippen LogP contribution < -0.4 is 0 Å². The van der Waals surface area contributed by atoms with E-state index in [0.717, 1.165) is 11.3 Å². The Labute approximate surface area is 54.4 Å². The molecular formula is C6H9NS. The summed E-state index contributed by atoms with van der Waals surface area (Å²) in [5, 5.41) is 10.1. The average Bonchev–Trinajstić information content (AvgIpc) is 1.83. The van der Waals surface area contributed by atoms with E-state index in [4.69, 9.17) is 5.26 Å². The van der Waals surface area contributed by atoms with E-state index < -0.39 is 0 Å². The number of nitriles is 1. The van der Waals surface area contributed by atoms with Gasteiger partial charge in [0.1, 0.15) is 0 Å². The van der Waals surface area contributed by atoms with Crippen LogP contribution in [0.25, 0.3) is 0 Å². The van der Waals surface area contributed by atoms with E-state index >= 15 is 0 Å². The Morgan fingerprint density at radius 1 is 1.88 bits per heavy atom. The van der Waals surface area contributed by atoms with Crippen LogP contribution in [0.3, 0.4) is 0 Å². The first kappa shape index (κ1) is 7.58. The van der Waals surface area contributed by atoms with Crippen LogP contribution in [-0.2, 0) is 0 Å². The summed E-state index contributed by atoms with van der Waals surface area (Å²) in [4.78, 5) is 0. The van der Waals surface area contributed by atoms with Gasteiger partial charge in [-0.3, -0.25) is 0 Å². The van der Waals surface area contributed by atoms with Gasteiger partial charge >= 0.3 is 0 Å². The molecule has 1 nitrogen and oxygen atoms in total. The topological polar surface area (TPSA) is 23.8 Å². The molecule has 0 N–H and O–H groups in total. The largest absolute Gasteiger partial charge is 0.193 e. The number of thioether (sulfide) groups is 1. The molecule has 0 aromatic heterocycles. The molecule has 44 valence electrons. The van der Waals surface area contributed by atoms with E-state index in [1.54, 1.807) is 11.8 Å². The van der Waals surface area contributed by atoms with Crippen LogP contribution in [-0.4, -0.2) is 5.75 Å². The standard InChI is InChI=1S/C6H9NS/c1-3-8-5-6(2)4-7/h5H,3H2,1-2H3/b6-5+. The van der Waals surface area contributed by atoms with Gasteiger partial charge in [0.05, 0.1) is 6.07 Å². The Bertz CT molecular complexity index is 121. The van der Waals surface area contributed by atoms with E-state index in [-0.39, 0.29) is 0 Å².